The molecule has 0 saturated heterocycles. The number of para-hydroxylation sites is 2. The molecule has 0 N–H and O–H groups in total. The standard InChI is InChI=1S/C18H18N2/c1-18(2,3)14-9-5-7-11-16(14)20-17-12-19-15-10-6-4-8-13(15)17/h4-12H,1-3H3. The first-order valence-electron chi connectivity index (χ1n) is 6.87. The van der Waals surface area contributed by atoms with Crippen LogP contribution in [0.3, 0.4) is 0 Å². The van der Waals surface area contributed by atoms with E-state index in [-0.39, 0.29) is 5.41 Å². The third-order valence-electron chi connectivity index (χ3n) is 3.46. The molecule has 0 bridgehead atoms. The molecule has 1 heterocycles. The SMILES string of the molecule is CC(C)(C)c1ccccc1N=C1C=Nc2ccccc21. The summed E-state index contributed by atoms with van der Waals surface area (Å²) in [6.07, 6.45) is 1.85. The van der Waals surface area contributed by atoms with Gasteiger partial charge in [-0.15, -0.1) is 0 Å². The summed E-state index contributed by atoms with van der Waals surface area (Å²) in [7, 11) is 0. The van der Waals surface area contributed by atoms with Gasteiger partial charge in [0.2, 0.25) is 0 Å². The Morgan fingerprint density at radius 2 is 1.60 bits per heavy atom. The molecule has 0 spiro atoms. The molecule has 0 atom stereocenters. The number of hydrogen-bond acceptors (Lipinski definition) is 2. The average molecular weight is 262 g/mol. The second-order valence-corrected chi connectivity index (χ2v) is 6.04. The van der Waals surface area contributed by atoms with Crippen molar-refractivity contribution in [1.82, 2.24) is 0 Å². The number of benzene rings is 2. The van der Waals surface area contributed by atoms with E-state index in [0.717, 1.165) is 22.6 Å². The molecule has 0 amide bonds. The summed E-state index contributed by atoms with van der Waals surface area (Å²) >= 11 is 0. The third-order valence-corrected chi connectivity index (χ3v) is 3.46. The van der Waals surface area contributed by atoms with Crippen LogP contribution < -0.4 is 0 Å². The van der Waals surface area contributed by atoms with Crippen LogP contribution in [0, 0.1) is 0 Å². The molecule has 0 saturated carbocycles. The highest BCUT2D eigenvalue weighted by molar-refractivity contribution is 6.43. The van der Waals surface area contributed by atoms with Gasteiger partial charge in [-0.3, -0.25) is 4.99 Å². The zero-order chi connectivity index (χ0) is 14.2. The predicted molar refractivity (Wildman–Crippen MR) is 85.9 cm³/mol. The van der Waals surface area contributed by atoms with Crippen LogP contribution in [0.15, 0.2) is 58.5 Å². The van der Waals surface area contributed by atoms with Crippen molar-refractivity contribution in [2.24, 2.45) is 9.98 Å². The molecule has 2 nitrogen and oxygen atoms in total. The van der Waals surface area contributed by atoms with Crippen molar-refractivity contribution in [2.45, 2.75) is 26.2 Å². The van der Waals surface area contributed by atoms with Crippen LogP contribution in [0.4, 0.5) is 11.4 Å². The van der Waals surface area contributed by atoms with Gasteiger partial charge >= 0.3 is 0 Å². The van der Waals surface area contributed by atoms with Crippen molar-refractivity contribution in [3.63, 3.8) is 0 Å². The van der Waals surface area contributed by atoms with Crippen molar-refractivity contribution < 1.29 is 0 Å². The first-order valence-corrected chi connectivity index (χ1v) is 6.87. The Labute approximate surface area is 119 Å². The summed E-state index contributed by atoms with van der Waals surface area (Å²) < 4.78 is 0. The topological polar surface area (TPSA) is 24.7 Å². The van der Waals surface area contributed by atoms with Crippen LogP contribution >= 0.6 is 0 Å². The van der Waals surface area contributed by atoms with E-state index in [1.807, 2.05) is 30.5 Å². The normalized spacial score (nSPS) is 15.7. The van der Waals surface area contributed by atoms with Crippen molar-refractivity contribution in [3.8, 4) is 0 Å². The quantitative estimate of drug-likeness (QED) is 0.704. The van der Waals surface area contributed by atoms with E-state index >= 15 is 0 Å². The van der Waals surface area contributed by atoms with Gasteiger partial charge in [-0.1, -0.05) is 57.2 Å². The third kappa shape index (κ3) is 2.29. The van der Waals surface area contributed by atoms with Crippen LogP contribution in [-0.4, -0.2) is 11.9 Å². The van der Waals surface area contributed by atoms with Crippen molar-refractivity contribution in [3.05, 3.63) is 59.7 Å². The summed E-state index contributed by atoms with van der Waals surface area (Å²) in [5.74, 6) is 0. The molecule has 0 fully saturated rings. The molecule has 0 aromatic heterocycles. The molecule has 0 aliphatic carbocycles. The Morgan fingerprint density at radius 1 is 0.900 bits per heavy atom. The maximum absolute atomic E-state index is 4.83. The van der Waals surface area contributed by atoms with E-state index in [4.69, 9.17) is 4.99 Å². The maximum atomic E-state index is 4.83. The molecule has 0 radical (unpaired) electrons. The Hall–Kier alpha value is -2.22. The second-order valence-electron chi connectivity index (χ2n) is 6.04. The van der Waals surface area contributed by atoms with E-state index in [2.05, 4.69) is 50.0 Å². The van der Waals surface area contributed by atoms with Gasteiger partial charge in [0.25, 0.3) is 0 Å². The Morgan fingerprint density at radius 3 is 2.40 bits per heavy atom. The summed E-state index contributed by atoms with van der Waals surface area (Å²) in [5.41, 5.74) is 5.41. The van der Waals surface area contributed by atoms with Gasteiger partial charge in [-0.2, -0.15) is 0 Å². The summed E-state index contributed by atoms with van der Waals surface area (Å²) in [6, 6.07) is 16.4. The fourth-order valence-corrected chi connectivity index (χ4v) is 2.43. The molecule has 0 unspecified atom stereocenters. The number of aliphatic imine (C=N–C) groups is 2. The van der Waals surface area contributed by atoms with Crippen LogP contribution in [0.1, 0.15) is 31.9 Å². The Bertz CT molecular complexity index is 703. The monoisotopic (exact) mass is 262 g/mol. The highest BCUT2D eigenvalue weighted by Gasteiger charge is 2.19. The number of nitrogens with zero attached hydrogens (tertiary/aromatic N) is 2. The Balaban J connectivity index is 2.10. The molecule has 1 aliphatic heterocycles. The van der Waals surface area contributed by atoms with Gasteiger partial charge in [0.1, 0.15) is 0 Å². The van der Waals surface area contributed by atoms with Gasteiger partial charge in [-0.05, 0) is 23.1 Å². The van der Waals surface area contributed by atoms with Crippen LogP contribution in [-0.2, 0) is 5.41 Å². The van der Waals surface area contributed by atoms with Crippen LogP contribution in [0.5, 0.6) is 0 Å². The zero-order valence-corrected chi connectivity index (χ0v) is 12.1. The minimum absolute atomic E-state index is 0.0793. The van der Waals surface area contributed by atoms with E-state index in [9.17, 15) is 0 Å². The molecular formula is C18H18N2. The zero-order valence-electron chi connectivity index (χ0n) is 12.1. The van der Waals surface area contributed by atoms with Gasteiger partial charge in [0.05, 0.1) is 23.3 Å². The minimum atomic E-state index is 0.0793. The molecule has 1 aliphatic rings. The highest BCUT2D eigenvalue weighted by Crippen LogP contribution is 2.33. The maximum Gasteiger partial charge on any atom is 0.0913 e. The van der Waals surface area contributed by atoms with Crippen LogP contribution in [0.25, 0.3) is 0 Å². The lowest BCUT2D eigenvalue weighted by molar-refractivity contribution is 0.591. The minimum Gasteiger partial charge on any atom is -0.254 e. The largest absolute Gasteiger partial charge is 0.254 e. The number of rotatable bonds is 1. The lowest BCUT2D eigenvalue weighted by Crippen LogP contribution is -2.11. The van der Waals surface area contributed by atoms with Gasteiger partial charge in [-0.25, -0.2) is 4.99 Å². The highest BCUT2D eigenvalue weighted by atomic mass is 14.8. The van der Waals surface area contributed by atoms with Gasteiger partial charge in [0, 0.05) is 5.56 Å². The number of hydrogen-bond donors (Lipinski definition) is 0. The van der Waals surface area contributed by atoms with Crippen molar-refractivity contribution in [2.75, 3.05) is 0 Å². The van der Waals surface area contributed by atoms with Crippen molar-refractivity contribution >= 4 is 23.3 Å². The lowest BCUT2D eigenvalue weighted by Gasteiger charge is -2.21. The first kappa shape index (κ1) is 12.8. The first-order chi connectivity index (χ1) is 9.55. The molecule has 100 valence electrons. The average Bonchev–Trinajstić information content (AvgIpc) is 2.82. The number of fused-ring (bicyclic) bond motifs is 1. The van der Waals surface area contributed by atoms with Crippen molar-refractivity contribution in [1.29, 1.82) is 0 Å². The summed E-state index contributed by atoms with van der Waals surface area (Å²) in [6.45, 7) is 6.63. The fourth-order valence-electron chi connectivity index (χ4n) is 2.43. The van der Waals surface area contributed by atoms with E-state index in [1.54, 1.807) is 0 Å². The van der Waals surface area contributed by atoms with Crippen LogP contribution in [0.2, 0.25) is 0 Å². The molecule has 2 heteroatoms. The Kier molecular flexibility index (Phi) is 3.01. The fraction of sp³-hybridized carbons (Fsp3) is 0.222. The summed E-state index contributed by atoms with van der Waals surface area (Å²) in [4.78, 5) is 9.25. The van der Waals surface area contributed by atoms with Gasteiger partial charge < -0.3 is 0 Å². The van der Waals surface area contributed by atoms with E-state index < -0.39 is 0 Å². The van der Waals surface area contributed by atoms with E-state index in [1.165, 1.54) is 5.56 Å². The summed E-state index contributed by atoms with van der Waals surface area (Å²) in [5, 5.41) is 0. The second kappa shape index (κ2) is 4.71. The molecule has 20 heavy (non-hydrogen) atoms. The lowest BCUT2D eigenvalue weighted by atomic mass is 9.86. The van der Waals surface area contributed by atoms with E-state index in [0.29, 0.717) is 0 Å². The molecule has 3 rings (SSSR count). The molecular weight excluding hydrogens is 244 g/mol. The molecule has 2 aromatic rings. The molecule has 2 aromatic carbocycles. The predicted octanol–water partition coefficient (Wildman–Crippen LogP) is 4.82. The smallest absolute Gasteiger partial charge is 0.0913 e. The van der Waals surface area contributed by atoms with Gasteiger partial charge in [0.15, 0.2) is 0 Å².